The quantitative estimate of drug-likeness (QED) is 0.720. The zero-order chi connectivity index (χ0) is 18.5. The van der Waals surface area contributed by atoms with Crippen molar-refractivity contribution in [1.82, 2.24) is 0 Å². The summed E-state index contributed by atoms with van der Waals surface area (Å²) in [7, 11) is 0. The van der Waals surface area contributed by atoms with Crippen molar-refractivity contribution in [1.29, 1.82) is 0 Å². The van der Waals surface area contributed by atoms with Crippen molar-refractivity contribution >= 4 is 11.9 Å². The number of aryl methyl sites for hydroxylation is 2. The Balaban J connectivity index is 1.72. The van der Waals surface area contributed by atoms with Crippen molar-refractivity contribution in [2.75, 3.05) is 0 Å². The molecule has 3 rings (SSSR count). The molecule has 1 fully saturated rings. The van der Waals surface area contributed by atoms with Crippen LogP contribution in [0.25, 0.3) is 0 Å². The summed E-state index contributed by atoms with van der Waals surface area (Å²) in [6.45, 7) is 4.23. The van der Waals surface area contributed by atoms with Gasteiger partial charge in [-0.15, -0.1) is 0 Å². The number of rotatable bonds is 6. The third kappa shape index (κ3) is 3.96. The molecular formula is C22H24O4. The highest BCUT2D eigenvalue weighted by Gasteiger charge is 2.39. The number of benzene rings is 2. The van der Waals surface area contributed by atoms with Gasteiger partial charge in [-0.1, -0.05) is 75.2 Å². The molecule has 0 N–H and O–H groups in total. The lowest BCUT2D eigenvalue weighted by Crippen LogP contribution is -2.34. The average molecular weight is 352 g/mol. The van der Waals surface area contributed by atoms with Crippen LogP contribution in [0.3, 0.4) is 0 Å². The van der Waals surface area contributed by atoms with E-state index in [1.807, 2.05) is 48.5 Å². The first-order chi connectivity index (χ1) is 12.6. The van der Waals surface area contributed by atoms with E-state index in [9.17, 15) is 9.59 Å². The number of hydrogen-bond acceptors (Lipinski definition) is 4. The van der Waals surface area contributed by atoms with Crippen LogP contribution in [0.15, 0.2) is 48.5 Å². The van der Waals surface area contributed by atoms with Gasteiger partial charge < -0.3 is 9.47 Å². The standard InChI is InChI=1S/C22H24O4/c1-3-5-15-7-11-17(12-8-15)19-21(23)26-20(22(24)25-19)18-13-9-16(6-4-2)10-14-18/h7-14,19-20H,3-6H2,1-2H3. The summed E-state index contributed by atoms with van der Waals surface area (Å²) in [4.78, 5) is 24.8. The molecule has 1 saturated heterocycles. The van der Waals surface area contributed by atoms with Crippen molar-refractivity contribution in [3.8, 4) is 0 Å². The SMILES string of the molecule is CCCc1ccc(C2OC(=O)C(c3ccc(CCC)cc3)OC2=O)cc1. The zero-order valence-corrected chi connectivity index (χ0v) is 15.2. The topological polar surface area (TPSA) is 52.6 Å². The molecule has 2 atom stereocenters. The van der Waals surface area contributed by atoms with Crippen LogP contribution >= 0.6 is 0 Å². The molecule has 0 amide bonds. The van der Waals surface area contributed by atoms with E-state index in [1.165, 1.54) is 11.1 Å². The molecule has 0 spiro atoms. The van der Waals surface area contributed by atoms with Gasteiger partial charge in [-0.3, -0.25) is 0 Å². The van der Waals surface area contributed by atoms with Crippen LogP contribution in [-0.2, 0) is 31.9 Å². The molecule has 136 valence electrons. The molecule has 2 aromatic rings. The van der Waals surface area contributed by atoms with E-state index in [4.69, 9.17) is 9.47 Å². The van der Waals surface area contributed by atoms with Crippen LogP contribution in [0.4, 0.5) is 0 Å². The van der Waals surface area contributed by atoms with Crippen molar-refractivity contribution in [2.24, 2.45) is 0 Å². The Labute approximate surface area is 154 Å². The lowest BCUT2D eigenvalue weighted by Gasteiger charge is -2.28. The van der Waals surface area contributed by atoms with Gasteiger partial charge in [0.1, 0.15) is 0 Å². The van der Waals surface area contributed by atoms with E-state index in [2.05, 4.69) is 13.8 Å². The van der Waals surface area contributed by atoms with Gasteiger partial charge in [-0.2, -0.15) is 0 Å². The minimum absolute atomic E-state index is 0.532. The van der Waals surface area contributed by atoms with Gasteiger partial charge in [0.25, 0.3) is 0 Å². The summed E-state index contributed by atoms with van der Waals surface area (Å²) in [6.07, 6.45) is 2.08. The van der Waals surface area contributed by atoms with E-state index in [1.54, 1.807) is 0 Å². The highest BCUT2D eigenvalue weighted by Crippen LogP contribution is 2.32. The molecule has 2 aromatic carbocycles. The maximum Gasteiger partial charge on any atom is 0.353 e. The summed E-state index contributed by atoms with van der Waals surface area (Å²) in [5, 5.41) is 0. The maximum atomic E-state index is 12.4. The van der Waals surface area contributed by atoms with Gasteiger partial charge in [0.15, 0.2) is 0 Å². The van der Waals surface area contributed by atoms with Gasteiger partial charge in [-0.05, 0) is 24.0 Å². The summed E-state index contributed by atoms with van der Waals surface area (Å²) < 4.78 is 10.8. The van der Waals surface area contributed by atoms with Crippen LogP contribution in [0.1, 0.15) is 61.2 Å². The predicted octanol–water partition coefficient (Wildman–Crippen LogP) is 4.47. The number of ether oxygens (including phenoxy) is 2. The van der Waals surface area contributed by atoms with E-state index < -0.39 is 24.1 Å². The van der Waals surface area contributed by atoms with E-state index in [0.717, 1.165) is 25.7 Å². The molecule has 1 heterocycles. The zero-order valence-electron chi connectivity index (χ0n) is 15.2. The first-order valence-corrected chi connectivity index (χ1v) is 9.21. The van der Waals surface area contributed by atoms with Crippen molar-refractivity contribution < 1.29 is 19.1 Å². The second-order valence-corrected chi connectivity index (χ2v) is 6.62. The van der Waals surface area contributed by atoms with Crippen LogP contribution in [0.5, 0.6) is 0 Å². The predicted molar refractivity (Wildman–Crippen MR) is 98.5 cm³/mol. The summed E-state index contributed by atoms with van der Waals surface area (Å²) in [5.41, 5.74) is 3.66. The first kappa shape index (κ1) is 18.2. The molecule has 4 nitrogen and oxygen atoms in total. The van der Waals surface area contributed by atoms with Crippen LogP contribution in [0, 0.1) is 0 Å². The normalized spacial score (nSPS) is 19.8. The highest BCUT2D eigenvalue weighted by atomic mass is 16.6. The number of cyclic esters (lactones) is 2. The second-order valence-electron chi connectivity index (χ2n) is 6.62. The fourth-order valence-corrected chi connectivity index (χ4v) is 3.16. The maximum absolute atomic E-state index is 12.4. The lowest BCUT2D eigenvalue weighted by atomic mass is 10.0. The van der Waals surface area contributed by atoms with Gasteiger partial charge >= 0.3 is 11.9 Å². The van der Waals surface area contributed by atoms with E-state index in [0.29, 0.717) is 11.1 Å². The van der Waals surface area contributed by atoms with Gasteiger partial charge in [0.2, 0.25) is 12.2 Å². The summed E-state index contributed by atoms with van der Waals surface area (Å²) >= 11 is 0. The Hall–Kier alpha value is -2.62. The monoisotopic (exact) mass is 352 g/mol. The first-order valence-electron chi connectivity index (χ1n) is 9.21. The summed E-state index contributed by atoms with van der Waals surface area (Å²) in [5.74, 6) is -1.06. The van der Waals surface area contributed by atoms with E-state index >= 15 is 0 Å². The molecule has 0 aromatic heterocycles. The van der Waals surface area contributed by atoms with Crippen LogP contribution < -0.4 is 0 Å². The third-order valence-corrected chi connectivity index (χ3v) is 4.54. The molecule has 0 bridgehead atoms. The molecule has 0 radical (unpaired) electrons. The number of esters is 2. The van der Waals surface area contributed by atoms with Crippen LogP contribution in [0.2, 0.25) is 0 Å². The Bertz CT molecular complexity index is 694. The average Bonchev–Trinajstić information content (AvgIpc) is 2.65. The number of carbonyl (C=O) groups is 2. The molecule has 1 aliphatic rings. The molecule has 0 saturated carbocycles. The largest absolute Gasteiger partial charge is 0.442 e. The number of carbonyl (C=O) groups excluding carboxylic acids is 2. The minimum Gasteiger partial charge on any atom is -0.442 e. The Morgan fingerprint density at radius 1 is 0.654 bits per heavy atom. The molecule has 26 heavy (non-hydrogen) atoms. The fraction of sp³-hybridized carbons (Fsp3) is 0.364. The van der Waals surface area contributed by atoms with E-state index in [-0.39, 0.29) is 0 Å². The smallest absolute Gasteiger partial charge is 0.353 e. The minimum atomic E-state index is -0.992. The summed E-state index contributed by atoms with van der Waals surface area (Å²) in [6, 6.07) is 15.1. The van der Waals surface area contributed by atoms with Crippen molar-refractivity contribution in [3.63, 3.8) is 0 Å². The Morgan fingerprint density at radius 3 is 1.31 bits per heavy atom. The van der Waals surface area contributed by atoms with Gasteiger partial charge in [0.05, 0.1) is 0 Å². The van der Waals surface area contributed by atoms with Crippen LogP contribution in [-0.4, -0.2) is 11.9 Å². The van der Waals surface area contributed by atoms with Crippen molar-refractivity contribution in [2.45, 2.75) is 51.7 Å². The third-order valence-electron chi connectivity index (χ3n) is 4.54. The van der Waals surface area contributed by atoms with Crippen molar-refractivity contribution in [3.05, 3.63) is 70.8 Å². The molecule has 0 aliphatic carbocycles. The fourth-order valence-electron chi connectivity index (χ4n) is 3.16. The molecular weight excluding hydrogens is 328 g/mol. The van der Waals surface area contributed by atoms with Gasteiger partial charge in [-0.25, -0.2) is 9.59 Å². The highest BCUT2D eigenvalue weighted by molar-refractivity contribution is 5.89. The lowest BCUT2D eigenvalue weighted by molar-refractivity contribution is -0.196. The van der Waals surface area contributed by atoms with Gasteiger partial charge in [0, 0.05) is 11.1 Å². The number of hydrogen-bond donors (Lipinski definition) is 0. The molecule has 2 unspecified atom stereocenters. The second kappa shape index (κ2) is 8.17. The Kier molecular flexibility index (Phi) is 5.71. The molecule has 4 heteroatoms. The Morgan fingerprint density at radius 2 is 1.00 bits per heavy atom. The molecule has 1 aliphatic heterocycles.